The highest BCUT2D eigenvalue weighted by Gasteiger charge is 2.57. The van der Waals surface area contributed by atoms with E-state index in [1.807, 2.05) is 18.2 Å². The molecule has 0 bridgehead atoms. The van der Waals surface area contributed by atoms with E-state index in [2.05, 4.69) is 40.1 Å². The maximum absolute atomic E-state index is 15.4. The molecule has 5 aliphatic rings. The lowest BCUT2D eigenvalue weighted by atomic mass is 9.67. The number of nitriles is 1. The molecule has 8 unspecified atom stereocenters. The van der Waals surface area contributed by atoms with Crippen molar-refractivity contribution in [2.75, 3.05) is 39.8 Å². The Hall–Kier alpha value is -2.43. The highest BCUT2D eigenvalue weighted by molar-refractivity contribution is 5.87. The number of nitrogens with one attached hydrogen (secondary N) is 2. The van der Waals surface area contributed by atoms with E-state index >= 15 is 4.39 Å². The summed E-state index contributed by atoms with van der Waals surface area (Å²) in [5.74, 6) is -0.193. The van der Waals surface area contributed by atoms with Gasteiger partial charge in [-0.3, -0.25) is 20.3 Å². The van der Waals surface area contributed by atoms with Gasteiger partial charge in [-0.15, -0.1) is 0 Å². The number of ether oxygens (including phenoxy) is 2. The van der Waals surface area contributed by atoms with E-state index < -0.39 is 30.5 Å². The van der Waals surface area contributed by atoms with Crippen molar-refractivity contribution in [2.24, 2.45) is 5.92 Å². The van der Waals surface area contributed by atoms with Crippen LogP contribution in [0, 0.1) is 17.2 Å². The number of likely N-dealkylation sites (tertiary alicyclic amines) is 1. The number of likely N-dealkylation sites (N-methyl/N-ethyl adjacent to an activating group) is 1. The molecule has 4 aliphatic heterocycles. The number of carbonyl (C=O) groups excluding carboxylic acids is 1. The molecule has 228 valence electrons. The van der Waals surface area contributed by atoms with E-state index in [0.29, 0.717) is 57.1 Å². The van der Waals surface area contributed by atoms with Gasteiger partial charge in [0.2, 0.25) is 12.3 Å². The van der Waals surface area contributed by atoms with Crippen LogP contribution in [0.2, 0.25) is 0 Å². The van der Waals surface area contributed by atoms with Crippen LogP contribution < -0.4 is 10.6 Å². The lowest BCUT2D eigenvalue weighted by molar-refractivity contribution is -0.244. The number of aliphatic hydroxyl groups is 1. The fourth-order valence-corrected chi connectivity index (χ4v) is 7.93. The summed E-state index contributed by atoms with van der Waals surface area (Å²) in [6, 6.07) is 9.28. The van der Waals surface area contributed by atoms with Crippen molar-refractivity contribution in [1.29, 1.82) is 5.26 Å². The van der Waals surface area contributed by atoms with Crippen LogP contribution in [0.5, 0.6) is 0 Å². The molecule has 6 rings (SSSR count). The van der Waals surface area contributed by atoms with Gasteiger partial charge in [-0.25, -0.2) is 4.39 Å². The standard InChI is InChI=1S/C31H43FN6O4/c1-3-25(39)38-16-15-37(18-21(38)11-13-33)29-24-10-12-31(17-20-7-4-5-9-23(20)28(32)42-31)27(40)26(24)34-30(35-29)41-19-22-8-6-14-36(22)2/h3-5,7,9,21-22,24,26-30,34-35,40H,1,6,8,10-12,14-19H2,2H3/t21?,22?,24?,26?,27?,28?,29?,30?,31-/m1/s1. The maximum Gasteiger partial charge on any atom is 0.246 e. The minimum absolute atomic E-state index is 0.0251. The van der Waals surface area contributed by atoms with Crippen molar-refractivity contribution >= 4 is 5.91 Å². The molecule has 0 radical (unpaired) electrons. The van der Waals surface area contributed by atoms with Crippen LogP contribution in [0.1, 0.15) is 49.6 Å². The Morgan fingerprint density at radius 2 is 2.12 bits per heavy atom. The number of rotatable bonds is 6. The zero-order valence-electron chi connectivity index (χ0n) is 24.3. The molecular formula is C31H43FN6O4. The third-order valence-corrected chi connectivity index (χ3v) is 10.3. The lowest BCUT2D eigenvalue weighted by Crippen LogP contribution is -2.76. The van der Waals surface area contributed by atoms with Gasteiger partial charge in [0.1, 0.15) is 5.60 Å². The van der Waals surface area contributed by atoms with Gasteiger partial charge in [-0.2, -0.15) is 5.26 Å². The first-order valence-corrected chi connectivity index (χ1v) is 15.3. The molecule has 0 aromatic heterocycles. The van der Waals surface area contributed by atoms with Gasteiger partial charge in [0.15, 0.2) is 6.35 Å². The van der Waals surface area contributed by atoms with E-state index in [4.69, 9.17) is 9.47 Å². The zero-order valence-corrected chi connectivity index (χ0v) is 24.3. The maximum atomic E-state index is 15.4. The summed E-state index contributed by atoms with van der Waals surface area (Å²) in [6.45, 7) is 6.83. The number of piperazine rings is 1. The summed E-state index contributed by atoms with van der Waals surface area (Å²) in [5, 5.41) is 28.7. The Kier molecular flexibility index (Phi) is 8.67. The second kappa shape index (κ2) is 12.3. The van der Waals surface area contributed by atoms with Crippen LogP contribution in [0.25, 0.3) is 0 Å². The number of fused-ring (bicyclic) bond motifs is 2. The predicted molar refractivity (Wildman–Crippen MR) is 153 cm³/mol. The summed E-state index contributed by atoms with van der Waals surface area (Å²) >= 11 is 0. The number of carbonyl (C=O) groups is 1. The van der Waals surface area contributed by atoms with E-state index in [9.17, 15) is 15.2 Å². The first-order valence-electron chi connectivity index (χ1n) is 15.3. The molecule has 10 nitrogen and oxygen atoms in total. The molecule has 42 heavy (non-hydrogen) atoms. The quantitative estimate of drug-likeness (QED) is 0.431. The second-order valence-corrected chi connectivity index (χ2v) is 12.6. The molecular weight excluding hydrogens is 539 g/mol. The van der Waals surface area contributed by atoms with Crippen LogP contribution in [-0.2, 0) is 20.7 Å². The summed E-state index contributed by atoms with van der Waals surface area (Å²) in [7, 11) is 2.11. The summed E-state index contributed by atoms with van der Waals surface area (Å²) in [5.41, 5.74) is 0.364. The summed E-state index contributed by atoms with van der Waals surface area (Å²) in [6.07, 6.45) is 2.14. The highest BCUT2D eigenvalue weighted by atomic mass is 19.1. The SMILES string of the molecule is C=CC(=O)N1CCN(C2NC(OCC3CCCN3C)NC3C2CC[C@@]2(Cc4ccccc4C(F)O2)C3O)CC1CC#N. The van der Waals surface area contributed by atoms with Crippen molar-refractivity contribution in [3.8, 4) is 6.07 Å². The number of aliphatic hydroxyl groups excluding tert-OH is 1. The lowest BCUT2D eigenvalue weighted by Gasteiger charge is -2.58. The second-order valence-electron chi connectivity index (χ2n) is 12.6. The van der Waals surface area contributed by atoms with E-state index in [-0.39, 0.29) is 30.5 Å². The van der Waals surface area contributed by atoms with Crippen LogP contribution >= 0.6 is 0 Å². The van der Waals surface area contributed by atoms with E-state index in [1.165, 1.54) is 6.08 Å². The molecule has 1 saturated carbocycles. The first-order chi connectivity index (χ1) is 20.3. The van der Waals surface area contributed by atoms with Gasteiger partial charge < -0.3 is 24.4 Å². The molecule has 4 heterocycles. The highest BCUT2D eigenvalue weighted by Crippen LogP contribution is 2.47. The Labute approximate surface area is 247 Å². The fraction of sp³-hybridized carbons (Fsp3) is 0.677. The first kappa shape index (κ1) is 29.6. The monoisotopic (exact) mass is 582 g/mol. The molecule has 1 aromatic carbocycles. The zero-order chi connectivity index (χ0) is 29.4. The molecule has 9 atom stereocenters. The van der Waals surface area contributed by atoms with Gasteiger partial charge in [-0.1, -0.05) is 30.8 Å². The Morgan fingerprint density at radius 1 is 1.29 bits per heavy atom. The minimum Gasteiger partial charge on any atom is -0.388 e. The van der Waals surface area contributed by atoms with Crippen molar-refractivity contribution in [2.45, 2.75) is 87.2 Å². The van der Waals surface area contributed by atoms with Crippen LogP contribution in [0.3, 0.4) is 0 Å². The topological polar surface area (TPSA) is 113 Å². The van der Waals surface area contributed by atoms with Crippen molar-refractivity contribution in [1.82, 2.24) is 25.3 Å². The molecule has 3 N–H and O–H groups in total. The van der Waals surface area contributed by atoms with Gasteiger partial charge in [0, 0.05) is 49.6 Å². The predicted octanol–water partition coefficient (Wildman–Crippen LogP) is 1.63. The van der Waals surface area contributed by atoms with Gasteiger partial charge in [-0.05, 0) is 50.9 Å². The molecule has 1 aromatic rings. The van der Waals surface area contributed by atoms with Crippen molar-refractivity contribution in [3.05, 3.63) is 48.0 Å². The Morgan fingerprint density at radius 3 is 2.88 bits per heavy atom. The van der Waals surface area contributed by atoms with Crippen molar-refractivity contribution in [3.63, 3.8) is 0 Å². The van der Waals surface area contributed by atoms with Gasteiger partial charge in [0.25, 0.3) is 0 Å². The molecule has 4 fully saturated rings. The number of hydrogen-bond acceptors (Lipinski definition) is 9. The fourth-order valence-electron chi connectivity index (χ4n) is 7.93. The van der Waals surface area contributed by atoms with E-state index in [0.717, 1.165) is 24.9 Å². The molecule has 11 heteroatoms. The van der Waals surface area contributed by atoms with Gasteiger partial charge >= 0.3 is 0 Å². The summed E-state index contributed by atoms with van der Waals surface area (Å²) < 4.78 is 27.8. The number of nitrogens with zero attached hydrogens (tertiary/aromatic N) is 4. The smallest absolute Gasteiger partial charge is 0.246 e. The third-order valence-electron chi connectivity index (χ3n) is 10.3. The van der Waals surface area contributed by atoms with Crippen LogP contribution in [0.4, 0.5) is 4.39 Å². The number of alkyl halides is 1. The number of hydrogen-bond donors (Lipinski definition) is 3. The van der Waals surface area contributed by atoms with Crippen LogP contribution in [-0.4, -0.2) is 108 Å². The largest absolute Gasteiger partial charge is 0.388 e. The summed E-state index contributed by atoms with van der Waals surface area (Å²) in [4.78, 5) is 18.9. The average molecular weight is 583 g/mol. The molecule has 1 amide bonds. The minimum atomic E-state index is -1.59. The Balaban J connectivity index is 1.25. The number of amides is 1. The normalized spacial score (nSPS) is 39.0. The van der Waals surface area contributed by atoms with E-state index in [1.54, 1.807) is 11.0 Å². The number of halogens is 1. The third kappa shape index (κ3) is 5.50. The molecule has 1 spiro atoms. The van der Waals surface area contributed by atoms with Crippen LogP contribution in [0.15, 0.2) is 36.9 Å². The van der Waals surface area contributed by atoms with Crippen molar-refractivity contribution < 1.29 is 23.8 Å². The Bertz CT molecular complexity index is 1200. The molecule has 1 aliphatic carbocycles. The average Bonchev–Trinajstić information content (AvgIpc) is 3.42. The number of benzene rings is 1. The van der Waals surface area contributed by atoms with Gasteiger partial charge in [0.05, 0.1) is 37.4 Å². The molecule has 3 saturated heterocycles.